The fourth-order valence-electron chi connectivity index (χ4n) is 2.07. The van der Waals surface area contributed by atoms with Crippen molar-refractivity contribution in [1.29, 1.82) is 0 Å². The molecule has 0 amide bonds. The van der Waals surface area contributed by atoms with Gasteiger partial charge in [0.05, 0.1) is 0 Å². The maximum absolute atomic E-state index is 12.9. The Balaban J connectivity index is 0.00000144. The summed E-state index contributed by atoms with van der Waals surface area (Å²) in [6.07, 6.45) is 2.95. The van der Waals surface area contributed by atoms with Crippen LogP contribution in [0.4, 0.5) is 4.39 Å². The Labute approximate surface area is 107 Å². The third-order valence-corrected chi connectivity index (χ3v) is 3.00. The molecule has 17 heavy (non-hydrogen) atoms. The summed E-state index contributed by atoms with van der Waals surface area (Å²) in [5.41, 5.74) is 0.485. The van der Waals surface area contributed by atoms with E-state index < -0.39 is 0 Å². The molecule has 0 spiro atoms. The lowest BCUT2D eigenvalue weighted by Crippen LogP contribution is -2.22. The van der Waals surface area contributed by atoms with E-state index in [9.17, 15) is 9.18 Å². The fraction of sp³-hybridized carbons (Fsp3) is 0.462. The van der Waals surface area contributed by atoms with Crippen molar-refractivity contribution < 1.29 is 9.18 Å². The van der Waals surface area contributed by atoms with Crippen LogP contribution in [0.5, 0.6) is 0 Å². The summed E-state index contributed by atoms with van der Waals surface area (Å²) in [5.74, 6) is -0.307. The molecule has 2 rings (SSSR count). The zero-order chi connectivity index (χ0) is 11.4. The third-order valence-electron chi connectivity index (χ3n) is 3.00. The highest BCUT2D eigenvalue weighted by Gasteiger charge is 2.13. The maximum atomic E-state index is 12.9. The Kier molecular flexibility index (Phi) is 5.59. The van der Waals surface area contributed by atoms with E-state index in [0.29, 0.717) is 12.0 Å². The average Bonchev–Trinajstić information content (AvgIpc) is 2.78. The summed E-state index contributed by atoms with van der Waals surface area (Å²) in [7, 11) is 0. The molecule has 1 aliphatic heterocycles. The number of hydrogen-bond donors (Lipinski definition) is 0. The number of Topliss-reactive ketones (excluding diaryl/α,β-unsaturated/α-hetero) is 1. The van der Waals surface area contributed by atoms with Crippen LogP contribution in [-0.2, 0) is 0 Å². The van der Waals surface area contributed by atoms with Gasteiger partial charge in [-0.25, -0.2) is 4.39 Å². The standard InChI is InChI=1S/C13H16FNO.ClH/c14-12-5-3-4-11(10-12)13(16)6-9-15-7-1-2-8-15;/h3-5,10H,1-2,6-9H2;1H. The first-order valence-corrected chi connectivity index (χ1v) is 5.77. The van der Waals surface area contributed by atoms with E-state index in [-0.39, 0.29) is 24.0 Å². The van der Waals surface area contributed by atoms with Crippen LogP contribution >= 0.6 is 12.4 Å². The first-order chi connectivity index (χ1) is 7.75. The molecule has 0 aliphatic carbocycles. The second kappa shape index (κ2) is 6.72. The molecule has 0 radical (unpaired) electrons. The molecule has 0 saturated carbocycles. The van der Waals surface area contributed by atoms with Crippen molar-refractivity contribution in [2.75, 3.05) is 19.6 Å². The van der Waals surface area contributed by atoms with Crippen molar-refractivity contribution >= 4 is 18.2 Å². The van der Waals surface area contributed by atoms with Gasteiger partial charge < -0.3 is 4.90 Å². The van der Waals surface area contributed by atoms with Gasteiger partial charge in [0.2, 0.25) is 0 Å². The highest BCUT2D eigenvalue weighted by molar-refractivity contribution is 5.96. The minimum atomic E-state index is -0.341. The minimum absolute atomic E-state index is 0. The van der Waals surface area contributed by atoms with Crippen molar-refractivity contribution in [3.63, 3.8) is 0 Å². The predicted octanol–water partition coefficient (Wildman–Crippen LogP) is 2.92. The normalized spacial score (nSPS) is 15.6. The molecule has 2 nitrogen and oxygen atoms in total. The van der Waals surface area contributed by atoms with E-state index in [0.717, 1.165) is 19.6 Å². The molecule has 1 aliphatic rings. The Hall–Kier alpha value is -0.930. The molecule has 0 N–H and O–H groups in total. The highest BCUT2D eigenvalue weighted by atomic mass is 35.5. The Bertz CT molecular complexity index is 377. The topological polar surface area (TPSA) is 20.3 Å². The molecule has 0 bridgehead atoms. The second-order valence-corrected chi connectivity index (χ2v) is 4.23. The molecule has 1 fully saturated rings. The van der Waals surface area contributed by atoms with Gasteiger partial charge in [-0.15, -0.1) is 12.4 Å². The number of carbonyl (C=O) groups excluding carboxylic acids is 1. The first-order valence-electron chi connectivity index (χ1n) is 5.77. The van der Waals surface area contributed by atoms with Crippen molar-refractivity contribution in [3.05, 3.63) is 35.6 Å². The number of ketones is 1. The van der Waals surface area contributed by atoms with Gasteiger partial charge in [-0.3, -0.25) is 4.79 Å². The Morgan fingerprint density at radius 1 is 1.29 bits per heavy atom. The number of hydrogen-bond acceptors (Lipinski definition) is 2. The first kappa shape index (κ1) is 14.1. The van der Waals surface area contributed by atoms with Crippen LogP contribution in [0.1, 0.15) is 29.6 Å². The van der Waals surface area contributed by atoms with Crippen LogP contribution in [0.25, 0.3) is 0 Å². The second-order valence-electron chi connectivity index (χ2n) is 4.23. The van der Waals surface area contributed by atoms with E-state index in [4.69, 9.17) is 0 Å². The SMILES string of the molecule is Cl.O=C(CCN1CCCC1)c1cccc(F)c1. The van der Waals surface area contributed by atoms with Crippen LogP contribution in [-0.4, -0.2) is 30.3 Å². The monoisotopic (exact) mass is 257 g/mol. The van der Waals surface area contributed by atoms with E-state index in [1.165, 1.54) is 25.0 Å². The van der Waals surface area contributed by atoms with Crippen molar-refractivity contribution in [3.8, 4) is 0 Å². The summed E-state index contributed by atoms with van der Waals surface area (Å²) >= 11 is 0. The molecule has 94 valence electrons. The zero-order valence-corrected chi connectivity index (χ0v) is 10.5. The molecular formula is C13H17ClFNO. The Morgan fingerprint density at radius 2 is 2.00 bits per heavy atom. The number of nitrogens with zero attached hydrogens (tertiary/aromatic N) is 1. The lowest BCUT2D eigenvalue weighted by molar-refractivity contribution is 0.0968. The molecular weight excluding hydrogens is 241 g/mol. The largest absolute Gasteiger partial charge is 0.303 e. The minimum Gasteiger partial charge on any atom is -0.303 e. The van der Waals surface area contributed by atoms with Crippen LogP contribution in [0.15, 0.2) is 24.3 Å². The summed E-state index contributed by atoms with van der Waals surface area (Å²) in [4.78, 5) is 14.0. The molecule has 4 heteroatoms. The maximum Gasteiger partial charge on any atom is 0.164 e. The van der Waals surface area contributed by atoms with Gasteiger partial charge in [-0.1, -0.05) is 12.1 Å². The molecule has 1 aromatic carbocycles. The van der Waals surface area contributed by atoms with E-state index in [1.807, 2.05) is 0 Å². The number of benzene rings is 1. The van der Waals surface area contributed by atoms with Gasteiger partial charge in [-0.2, -0.15) is 0 Å². The molecule has 1 aromatic rings. The lowest BCUT2D eigenvalue weighted by Gasteiger charge is -2.13. The van der Waals surface area contributed by atoms with E-state index in [1.54, 1.807) is 12.1 Å². The van der Waals surface area contributed by atoms with Gasteiger partial charge in [0.15, 0.2) is 5.78 Å². The van der Waals surface area contributed by atoms with Crippen LogP contribution in [0.2, 0.25) is 0 Å². The molecule has 0 aromatic heterocycles. The van der Waals surface area contributed by atoms with Crippen LogP contribution < -0.4 is 0 Å². The van der Waals surface area contributed by atoms with Gasteiger partial charge >= 0.3 is 0 Å². The lowest BCUT2D eigenvalue weighted by atomic mass is 10.1. The molecule has 0 atom stereocenters. The predicted molar refractivity (Wildman–Crippen MR) is 68.3 cm³/mol. The third kappa shape index (κ3) is 4.10. The molecule has 1 heterocycles. The number of rotatable bonds is 4. The van der Waals surface area contributed by atoms with Crippen LogP contribution in [0.3, 0.4) is 0 Å². The summed E-state index contributed by atoms with van der Waals surface area (Å²) < 4.78 is 12.9. The summed E-state index contributed by atoms with van der Waals surface area (Å²) in [6, 6.07) is 5.93. The summed E-state index contributed by atoms with van der Waals surface area (Å²) in [6.45, 7) is 2.99. The Morgan fingerprint density at radius 3 is 2.65 bits per heavy atom. The van der Waals surface area contributed by atoms with Gasteiger partial charge in [0.25, 0.3) is 0 Å². The van der Waals surface area contributed by atoms with E-state index in [2.05, 4.69) is 4.90 Å². The van der Waals surface area contributed by atoms with E-state index >= 15 is 0 Å². The smallest absolute Gasteiger partial charge is 0.164 e. The highest BCUT2D eigenvalue weighted by Crippen LogP contribution is 2.10. The number of carbonyl (C=O) groups is 1. The summed E-state index contributed by atoms with van der Waals surface area (Å²) in [5, 5.41) is 0. The van der Waals surface area contributed by atoms with Gasteiger partial charge in [-0.05, 0) is 38.1 Å². The van der Waals surface area contributed by atoms with Crippen LogP contribution in [0, 0.1) is 5.82 Å². The van der Waals surface area contributed by atoms with Crippen molar-refractivity contribution in [2.24, 2.45) is 0 Å². The number of likely N-dealkylation sites (tertiary alicyclic amines) is 1. The number of halogens is 2. The molecule has 0 unspecified atom stereocenters. The zero-order valence-electron chi connectivity index (χ0n) is 9.69. The van der Waals surface area contributed by atoms with Gasteiger partial charge in [0, 0.05) is 18.5 Å². The average molecular weight is 258 g/mol. The fourth-order valence-corrected chi connectivity index (χ4v) is 2.07. The van der Waals surface area contributed by atoms with Gasteiger partial charge in [0.1, 0.15) is 5.82 Å². The quantitative estimate of drug-likeness (QED) is 0.773. The van der Waals surface area contributed by atoms with Crippen molar-refractivity contribution in [2.45, 2.75) is 19.3 Å². The molecule has 1 saturated heterocycles. The van der Waals surface area contributed by atoms with Crippen molar-refractivity contribution in [1.82, 2.24) is 4.90 Å².